The number of rotatable bonds is 5. The molecule has 144 valence electrons. The molecular weight excluding hydrogens is 360 g/mol. The van der Waals surface area contributed by atoms with E-state index in [-0.39, 0.29) is 10.7 Å². The maximum absolute atomic E-state index is 13.0. The minimum atomic E-state index is -3.59. The van der Waals surface area contributed by atoms with Crippen molar-refractivity contribution in [3.05, 3.63) is 65.2 Å². The maximum atomic E-state index is 13.0. The summed E-state index contributed by atoms with van der Waals surface area (Å²) >= 11 is 0. The quantitative estimate of drug-likeness (QED) is 0.741. The van der Waals surface area contributed by atoms with E-state index in [1.54, 1.807) is 22.5 Å². The highest BCUT2D eigenvalue weighted by atomic mass is 32.2. The Bertz CT molecular complexity index is 907. The highest BCUT2D eigenvalue weighted by Gasteiger charge is 2.27. The number of ketones is 1. The highest BCUT2D eigenvalue weighted by molar-refractivity contribution is 7.89. The molecule has 0 bridgehead atoms. The van der Waals surface area contributed by atoms with Crippen LogP contribution in [0.3, 0.4) is 0 Å². The molecule has 0 unspecified atom stereocenters. The van der Waals surface area contributed by atoms with Gasteiger partial charge in [0.2, 0.25) is 10.0 Å². The topological polar surface area (TPSA) is 57.7 Å². The monoisotopic (exact) mass is 386 g/mol. The first-order chi connectivity index (χ1) is 12.9. The van der Waals surface area contributed by atoms with Crippen LogP contribution < -0.4 is 0 Å². The first kappa shape index (κ1) is 19.7. The largest absolute Gasteiger partial charge is 0.298 e. The molecule has 0 radical (unpaired) electrons. The van der Waals surface area contributed by atoms with Crippen molar-refractivity contribution in [3.8, 4) is 0 Å². The van der Waals surface area contributed by atoms with E-state index < -0.39 is 10.0 Å². The fourth-order valence-electron chi connectivity index (χ4n) is 3.32. The Morgan fingerprint density at radius 2 is 1.74 bits per heavy atom. The number of carbonyl (C=O) groups is 1. The summed E-state index contributed by atoms with van der Waals surface area (Å²) in [7, 11) is -3.59. The van der Waals surface area contributed by atoms with Crippen LogP contribution in [-0.4, -0.2) is 49.6 Å². The van der Waals surface area contributed by atoms with Crippen LogP contribution in [0.4, 0.5) is 0 Å². The van der Waals surface area contributed by atoms with Crippen molar-refractivity contribution in [2.24, 2.45) is 0 Å². The molecule has 0 saturated carbocycles. The number of Topliss-reactive ketones (excluding diaryl/α,β-unsaturated/α-hetero) is 1. The molecule has 27 heavy (non-hydrogen) atoms. The minimum absolute atomic E-state index is 0.132. The number of sulfonamides is 1. The first-order valence-electron chi connectivity index (χ1n) is 9.25. The van der Waals surface area contributed by atoms with Crippen molar-refractivity contribution < 1.29 is 13.2 Å². The van der Waals surface area contributed by atoms with Gasteiger partial charge in [-0.15, -0.1) is 0 Å². The van der Waals surface area contributed by atoms with Gasteiger partial charge in [0.05, 0.1) is 4.90 Å². The fourth-order valence-corrected chi connectivity index (χ4v) is 4.84. The smallest absolute Gasteiger partial charge is 0.243 e. The molecule has 6 heteroatoms. The molecule has 0 atom stereocenters. The third kappa shape index (κ3) is 4.83. The summed E-state index contributed by atoms with van der Waals surface area (Å²) in [6.45, 7) is 6.86. The summed E-state index contributed by atoms with van der Waals surface area (Å²) in [6, 6.07) is 14.8. The normalized spacial score (nSPS) is 16.8. The van der Waals surface area contributed by atoms with Gasteiger partial charge in [-0.1, -0.05) is 42.0 Å². The number of hydrogen-bond acceptors (Lipinski definition) is 4. The van der Waals surface area contributed by atoms with E-state index in [1.807, 2.05) is 0 Å². The SMILES string of the molecule is CC(=O)c1cccc(S(=O)(=O)N2CCCN(Cc3ccc(C)cc3)CC2)c1. The lowest BCUT2D eigenvalue weighted by molar-refractivity contribution is 0.101. The second-order valence-electron chi connectivity index (χ2n) is 7.10. The molecule has 2 aromatic rings. The third-order valence-corrected chi connectivity index (χ3v) is 6.85. The van der Waals surface area contributed by atoms with Crippen LogP contribution in [0.15, 0.2) is 53.4 Å². The summed E-state index contributed by atoms with van der Waals surface area (Å²) in [6.07, 6.45) is 0.789. The Morgan fingerprint density at radius 3 is 2.44 bits per heavy atom. The zero-order valence-corrected chi connectivity index (χ0v) is 16.7. The number of carbonyl (C=O) groups excluding carboxylic acids is 1. The van der Waals surface area contributed by atoms with Gasteiger partial charge >= 0.3 is 0 Å². The Kier molecular flexibility index (Phi) is 6.09. The van der Waals surface area contributed by atoms with E-state index in [2.05, 4.69) is 36.1 Å². The van der Waals surface area contributed by atoms with E-state index in [9.17, 15) is 13.2 Å². The van der Waals surface area contributed by atoms with Crippen molar-refractivity contribution in [2.75, 3.05) is 26.2 Å². The van der Waals surface area contributed by atoms with E-state index >= 15 is 0 Å². The fraction of sp³-hybridized carbons (Fsp3) is 0.381. The Hall–Kier alpha value is -2.02. The summed E-state index contributed by atoms with van der Waals surface area (Å²) in [5, 5.41) is 0. The molecule has 0 aliphatic carbocycles. The van der Waals surface area contributed by atoms with Crippen LogP contribution in [0.5, 0.6) is 0 Å². The number of hydrogen-bond donors (Lipinski definition) is 0. The van der Waals surface area contributed by atoms with Crippen LogP contribution >= 0.6 is 0 Å². The first-order valence-corrected chi connectivity index (χ1v) is 10.7. The lowest BCUT2D eigenvalue weighted by Crippen LogP contribution is -2.35. The van der Waals surface area contributed by atoms with E-state index in [0.717, 1.165) is 19.5 Å². The Balaban J connectivity index is 1.70. The number of benzene rings is 2. The molecule has 1 heterocycles. The summed E-state index contributed by atoms with van der Waals surface area (Å²) in [5.41, 5.74) is 2.90. The summed E-state index contributed by atoms with van der Waals surface area (Å²) in [4.78, 5) is 14.1. The molecule has 2 aromatic carbocycles. The average Bonchev–Trinajstić information content (AvgIpc) is 2.90. The lowest BCUT2D eigenvalue weighted by Gasteiger charge is -2.22. The molecule has 5 nitrogen and oxygen atoms in total. The third-order valence-electron chi connectivity index (χ3n) is 4.95. The van der Waals surface area contributed by atoms with E-state index in [4.69, 9.17) is 0 Å². The predicted octanol–water partition coefficient (Wildman–Crippen LogP) is 3.09. The molecule has 3 rings (SSSR count). The van der Waals surface area contributed by atoms with Gasteiger partial charge in [-0.25, -0.2) is 8.42 Å². The molecule has 0 spiro atoms. The molecule has 1 fully saturated rings. The van der Waals surface area contributed by atoms with Crippen LogP contribution in [0.25, 0.3) is 0 Å². The van der Waals surface area contributed by atoms with Crippen LogP contribution in [0.1, 0.15) is 34.8 Å². The van der Waals surface area contributed by atoms with Gasteiger partial charge in [0.25, 0.3) is 0 Å². The van der Waals surface area contributed by atoms with Gasteiger partial charge in [-0.05, 0) is 44.5 Å². The maximum Gasteiger partial charge on any atom is 0.243 e. The minimum Gasteiger partial charge on any atom is -0.298 e. The second kappa shape index (κ2) is 8.33. The van der Waals surface area contributed by atoms with Crippen molar-refractivity contribution in [1.29, 1.82) is 0 Å². The van der Waals surface area contributed by atoms with Gasteiger partial charge in [-0.3, -0.25) is 9.69 Å². The predicted molar refractivity (Wildman–Crippen MR) is 106 cm³/mol. The Labute approximate surface area is 161 Å². The van der Waals surface area contributed by atoms with Crippen LogP contribution in [0, 0.1) is 6.92 Å². The summed E-state index contributed by atoms with van der Waals surface area (Å²) < 4.78 is 27.6. The van der Waals surface area contributed by atoms with Gasteiger partial charge in [0, 0.05) is 31.7 Å². The summed E-state index contributed by atoms with van der Waals surface area (Å²) in [5.74, 6) is -0.132. The molecule has 0 amide bonds. The number of nitrogens with zero attached hydrogens (tertiary/aromatic N) is 2. The van der Waals surface area contributed by atoms with Gasteiger partial charge < -0.3 is 0 Å². The van der Waals surface area contributed by atoms with Crippen molar-refractivity contribution in [2.45, 2.75) is 31.7 Å². The van der Waals surface area contributed by atoms with Crippen molar-refractivity contribution in [1.82, 2.24) is 9.21 Å². The van der Waals surface area contributed by atoms with E-state index in [1.165, 1.54) is 24.1 Å². The molecular formula is C21H26N2O3S. The lowest BCUT2D eigenvalue weighted by atomic mass is 10.1. The van der Waals surface area contributed by atoms with E-state index in [0.29, 0.717) is 25.2 Å². The molecule has 0 N–H and O–H groups in total. The average molecular weight is 387 g/mol. The second-order valence-corrected chi connectivity index (χ2v) is 9.04. The van der Waals surface area contributed by atoms with Crippen LogP contribution in [0.2, 0.25) is 0 Å². The van der Waals surface area contributed by atoms with Crippen LogP contribution in [-0.2, 0) is 16.6 Å². The number of aryl methyl sites for hydroxylation is 1. The standard InChI is InChI=1S/C21H26N2O3S/c1-17-7-9-19(10-8-17)16-22-11-4-12-23(14-13-22)27(25,26)21-6-3-5-20(15-21)18(2)24/h3,5-10,15H,4,11-14,16H2,1-2H3. The van der Waals surface area contributed by atoms with Gasteiger partial charge in [0.15, 0.2) is 5.78 Å². The zero-order valence-electron chi connectivity index (χ0n) is 15.9. The van der Waals surface area contributed by atoms with Gasteiger partial charge in [-0.2, -0.15) is 4.31 Å². The molecule has 1 aliphatic heterocycles. The van der Waals surface area contributed by atoms with Crippen molar-refractivity contribution in [3.63, 3.8) is 0 Å². The molecule has 1 aliphatic rings. The van der Waals surface area contributed by atoms with Gasteiger partial charge in [0.1, 0.15) is 0 Å². The molecule has 1 saturated heterocycles. The molecule has 0 aromatic heterocycles. The van der Waals surface area contributed by atoms with Crippen molar-refractivity contribution >= 4 is 15.8 Å². The Morgan fingerprint density at radius 1 is 1.00 bits per heavy atom. The highest BCUT2D eigenvalue weighted by Crippen LogP contribution is 2.20. The zero-order chi connectivity index (χ0) is 19.4.